The molecule has 1 aromatic carbocycles. The summed E-state index contributed by atoms with van der Waals surface area (Å²) in [6, 6.07) is 7.45. The van der Waals surface area contributed by atoms with Gasteiger partial charge in [0, 0.05) is 24.3 Å². The summed E-state index contributed by atoms with van der Waals surface area (Å²) in [5.74, 6) is 1.56. The Balaban J connectivity index is 1.47. The van der Waals surface area contributed by atoms with Crippen molar-refractivity contribution in [3.8, 4) is 0 Å². The number of aromatic amines is 1. The van der Waals surface area contributed by atoms with Gasteiger partial charge in [-0.15, -0.1) is 0 Å². The second-order valence-corrected chi connectivity index (χ2v) is 6.82. The van der Waals surface area contributed by atoms with E-state index in [9.17, 15) is 4.79 Å². The average Bonchev–Trinajstić information content (AvgIpc) is 3.19. The van der Waals surface area contributed by atoms with Crippen molar-refractivity contribution in [2.75, 3.05) is 11.9 Å². The first-order valence-corrected chi connectivity index (χ1v) is 9.50. The SMILES string of the molecule is CCc1c(C)nn(CCNC(=O)Nc2ccc(Cc3n[nH]c(C)n3)cc2)c1C. The summed E-state index contributed by atoms with van der Waals surface area (Å²) in [6.45, 7) is 9.26. The van der Waals surface area contributed by atoms with Crippen LogP contribution in [0.1, 0.15) is 41.1 Å². The van der Waals surface area contributed by atoms with Crippen LogP contribution in [0.4, 0.5) is 10.5 Å². The number of aryl methyl sites for hydroxylation is 2. The number of carbonyl (C=O) groups is 1. The lowest BCUT2D eigenvalue weighted by Crippen LogP contribution is -2.31. The van der Waals surface area contributed by atoms with Gasteiger partial charge in [0.15, 0.2) is 5.82 Å². The van der Waals surface area contributed by atoms with E-state index in [1.165, 1.54) is 11.3 Å². The normalized spacial score (nSPS) is 10.9. The molecular weight excluding hydrogens is 354 g/mol. The highest BCUT2D eigenvalue weighted by Gasteiger charge is 2.10. The van der Waals surface area contributed by atoms with Gasteiger partial charge in [-0.05, 0) is 50.5 Å². The highest BCUT2D eigenvalue weighted by molar-refractivity contribution is 5.89. The molecule has 0 atom stereocenters. The van der Waals surface area contributed by atoms with Crippen molar-refractivity contribution in [2.24, 2.45) is 0 Å². The van der Waals surface area contributed by atoms with Crippen LogP contribution in [0.15, 0.2) is 24.3 Å². The van der Waals surface area contributed by atoms with Crippen LogP contribution >= 0.6 is 0 Å². The van der Waals surface area contributed by atoms with Crippen molar-refractivity contribution < 1.29 is 4.79 Å². The predicted octanol–water partition coefficient (Wildman–Crippen LogP) is 2.90. The summed E-state index contributed by atoms with van der Waals surface area (Å²) in [6.07, 6.45) is 1.62. The third-order valence-corrected chi connectivity index (χ3v) is 4.71. The summed E-state index contributed by atoms with van der Waals surface area (Å²) in [5, 5.41) is 17.2. The van der Waals surface area contributed by atoms with Gasteiger partial charge in [0.2, 0.25) is 0 Å². The van der Waals surface area contributed by atoms with Crippen LogP contribution in [-0.4, -0.2) is 37.5 Å². The van der Waals surface area contributed by atoms with Gasteiger partial charge in [-0.1, -0.05) is 19.1 Å². The van der Waals surface area contributed by atoms with Crippen LogP contribution in [-0.2, 0) is 19.4 Å². The molecule has 0 aliphatic rings. The predicted molar refractivity (Wildman–Crippen MR) is 108 cm³/mol. The maximum atomic E-state index is 12.1. The molecule has 148 valence electrons. The number of H-pyrrole nitrogens is 1. The van der Waals surface area contributed by atoms with Crippen LogP contribution in [0.5, 0.6) is 0 Å². The van der Waals surface area contributed by atoms with Crippen LogP contribution < -0.4 is 10.6 Å². The fourth-order valence-electron chi connectivity index (χ4n) is 3.27. The fraction of sp³-hybridized carbons (Fsp3) is 0.400. The summed E-state index contributed by atoms with van der Waals surface area (Å²) in [7, 11) is 0. The highest BCUT2D eigenvalue weighted by Crippen LogP contribution is 2.13. The molecule has 0 unspecified atom stereocenters. The monoisotopic (exact) mass is 381 g/mol. The Labute approximate surface area is 164 Å². The molecule has 3 aromatic rings. The summed E-state index contributed by atoms with van der Waals surface area (Å²) < 4.78 is 1.95. The minimum absolute atomic E-state index is 0.227. The van der Waals surface area contributed by atoms with Gasteiger partial charge in [-0.25, -0.2) is 9.78 Å². The molecule has 2 amide bonds. The highest BCUT2D eigenvalue weighted by atomic mass is 16.2. The summed E-state index contributed by atoms with van der Waals surface area (Å²) in [4.78, 5) is 16.4. The van der Waals surface area contributed by atoms with Crippen molar-refractivity contribution >= 4 is 11.7 Å². The Morgan fingerprint density at radius 2 is 1.93 bits per heavy atom. The van der Waals surface area contributed by atoms with Crippen LogP contribution in [0.25, 0.3) is 0 Å². The molecule has 8 heteroatoms. The van der Waals surface area contributed by atoms with E-state index in [1.54, 1.807) is 0 Å². The molecule has 8 nitrogen and oxygen atoms in total. The van der Waals surface area contributed by atoms with Crippen molar-refractivity contribution in [2.45, 2.75) is 47.1 Å². The number of hydrogen-bond donors (Lipinski definition) is 3. The first-order valence-electron chi connectivity index (χ1n) is 9.50. The Kier molecular flexibility index (Phi) is 6.08. The second kappa shape index (κ2) is 8.69. The zero-order valence-electron chi connectivity index (χ0n) is 16.8. The van der Waals surface area contributed by atoms with Crippen LogP contribution in [0, 0.1) is 20.8 Å². The Hall–Kier alpha value is -3.16. The van der Waals surface area contributed by atoms with Crippen LogP contribution in [0.2, 0.25) is 0 Å². The molecule has 0 saturated heterocycles. The van der Waals surface area contributed by atoms with Crippen LogP contribution in [0.3, 0.4) is 0 Å². The lowest BCUT2D eigenvalue weighted by molar-refractivity contribution is 0.251. The Bertz CT molecular complexity index is 940. The number of nitrogens with one attached hydrogen (secondary N) is 3. The molecule has 0 saturated carbocycles. The number of amides is 2. The molecule has 3 N–H and O–H groups in total. The van der Waals surface area contributed by atoms with Gasteiger partial charge in [0.1, 0.15) is 5.82 Å². The Morgan fingerprint density at radius 3 is 2.54 bits per heavy atom. The lowest BCUT2D eigenvalue weighted by Gasteiger charge is -2.09. The number of nitrogens with zero attached hydrogens (tertiary/aromatic N) is 4. The minimum atomic E-state index is -0.227. The van der Waals surface area contributed by atoms with Gasteiger partial charge in [-0.3, -0.25) is 9.78 Å². The maximum Gasteiger partial charge on any atom is 0.319 e. The maximum absolute atomic E-state index is 12.1. The minimum Gasteiger partial charge on any atom is -0.336 e. The van der Waals surface area contributed by atoms with E-state index in [1.807, 2.05) is 42.8 Å². The summed E-state index contributed by atoms with van der Waals surface area (Å²) in [5.41, 5.74) is 5.34. The quantitative estimate of drug-likeness (QED) is 0.586. The van der Waals surface area contributed by atoms with E-state index in [4.69, 9.17) is 0 Å². The standard InChI is InChI=1S/C20H27N7O/c1-5-18-13(2)26-27(14(18)3)11-10-21-20(28)23-17-8-6-16(7-9-17)12-19-22-15(4)24-25-19/h6-9H,5,10-12H2,1-4H3,(H2,21,23,28)(H,22,24,25). The van der Waals surface area contributed by atoms with Crippen molar-refractivity contribution in [3.05, 3.63) is 58.4 Å². The van der Waals surface area contributed by atoms with Gasteiger partial charge >= 0.3 is 6.03 Å². The molecule has 28 heavy (non-hydrogen) atoms. The number of hydrogen-bond acceptors (Lipinski definition) is 4. The molecule has 0 aliphatic heterocycles. The van der Waals surface area contributed by atoms with Gasteiger partial charge in [-0.2, -0.15) is 10.2 Å². The van der Waals surface area contributed by atoms with E-state index < -0.39 is 0 Å². The van der Waals surface area contributed by atoms with Crippen molar-refractivity contribution in [1.29, 1.82) is 0 Å². The number of rotatable bonds is 7. The molecule has 0 bridgehead atoms. The lowest BCUT2D eigenvalue weighted by atomic mass is 10.1. The first-order chi connectivity index (χ1) is 13.5. The molecule has 2 heterocycles. The van der Waals surface area contributed by atoms with E-state index in [0.29, 0.717) is 19.5 Å². The van der Waals surface area contributed by atoms with Gasteiger partial charge in [0.25, 0.3) is 0 Å². The van der Waals surface area contributed by atoms with E-state index in [0.717, 1.165) is 35.0 Å². The van der Waals surface area contributed by atoms with Gasteiger partial charge in [0.05, 0.1) is 12.2 Å². The van der Waals surface area contributed by atoms with E-state index >= 15 is 0 Å². The molecule has 3 rings (SSSR count). The third-order valence-electron chi connectivity index (χ3n) is 4.71. The first kappa shape index (κ1) is 19.6. The second-order valence-electron chi connectivity index (χ2n) is 6.82. The third kappa shape index (κ3) is 4.76. The fourth-order valence-corrected chi connectivity index (χ4v) is 3.27. The Morgan fingerprint density at radius 1 is 1.18 bits per heavy atom. The average molecular weight is 381 g/mol. The van der Waals surface area contributed by atoms with E-state index in [-0.39, 0.29) is 6.03 Å². The van der Waals surface area contributed by atoms with Crippen molar-refractivity contribution in [3.63, 3.8) is 0 Å². The molecule has 0 spiro atoms. The zero-order chi connectivity index (χ0) is 20.1. The smallest absolute Gasteiger partial charge is 0.319 e. The van der Waals surface area contributed by atoms with Crippen molar-refractivity contribution in [1.82, 2.24) is 30.3 Å². The van der Waals surface area contributed by atoms with Gasteiger partial charge < -0.3 is 10.6 Å². The number of benzene rings is 1. The number of urea groups is 1. The topological polar surface area (TPSA) is 101 Å². The number of carbonyl (C=O) groups excluding carboxylic acids is 1. The molecule has 0 aliphatic carbocycles. The molecule has 2 aromatic heterocycles. The number of anilines is 1. The van der Waals surface area contributed by atoms with E-state index in [2.05, 4.69) is 44.8 Å². The molecule has 0 radical (unpaired) electrons. The molecule has 0 fully saturated rings. The largest absolute Gasteiger partial charge is 0.336 e. The summed E-state index contributed by atoms with van der Waals surface area (Å²) >= 11 is 0. The molecular formula is C20H27N7O. The zero-order valence-corrected chi connectivity index (χ0v) is 16.8. The number of aromatic nitrogens is 5.